The number of unbranched alkanes of at least 4 members (excludes halogenated alkanes) is 6. The van der Waals surface area contributed by atoms with Crippen molar-refractivity contribution in [2.45, 2.75) is 109 Å². The van der Waals surface area contributed by atoms with Gasteiger partial charge in [0.2, 0.25) is 0 Å². The second-order valence-corrected chi connectivity index (χ2v) is 15.3. The van der Waals surface area contributed by atoms with E-state index in [1.807, 2.05) is 17.4 Å². The first-order valence-corrected chi connectivity index (χ1v) is 19.2. The van der Waals surface area contributed by atoms with Crippen LogP contribution < -0.4 is 4.90 Å². The number of nitrogens with zero attached hydrogens (tertiary/aromatic N) is 2. The van der Waals surface area contributed by atoms with Crippen LogP contribution in [-0.2, 0) is 17.6 Å². The molecule has 3 heterocycles. The number of aryl methyl sites for hydroxylation is 2. The van der Waals surface area contributed by atoms with Crippen molar-refractivity contribution in [3.05, 3.63) is 87.8 Å². The highest BCUT2D eigenvalue weighted by Crippen LogP contribution is 2.53. The lowest BCUT2D eigenvalue weighted by Crippen LogP contribution is -2.26. The Labute approximate surface area is 288 Å². The van der Waals surface area contributed by atoms with E-state index in [0.717, 1.165) is 42.5 Å². The van der Waals surface area contributed by atoms with E-state index in [-0.39, 0.29) is 5.57 Å². The first-order chi connectivity index (χ1) is 23.0. The van der Waals surface area contributed by atoms with E-state index in [0.29, 0.717) is 12.0 Å². The summed E-state index contributed by atoms with van der Waals surface area (Å²) in [6.07, 6.45) is 16.7. The third-order valence-electron chi connectivity index (χ3n) is 9.92. The molecule has 6 rings (SSSR count). The number of benzene rings is 2. The maximum absolute atomic E-state index is 11.8. The summed E-state index contributed by atoms with van der Waals surface area (Å²) in [4.78, 5) is 19.1. The summed E-state index contributed by atoms with van der Waals surface area (Å²) in [6, 6.07) is 25.2. The first kappa shape index (κ1) is 33.2. The highest BCUT2D eigenvalue weighted by Gasteiger charge is 2.42. The molecule has 2 aliphatic rings. The molecule has 1 saturated carbocycles. The quantitative estimate of drug-likeness (QED) is 0.0781. The molecule has 6 heteroatoms. The van der Waals surface area contributed by atoms with Crippen molar-refractivity contribution in [1.29, 1.82) is 5.26 Å². The monoisotopic (exact) mass is 662 g/mol. The van der Waals surface area contributed by atoms with E-state index < -0.39 is 5.97 Å². The van der Waals surface area contributed by atoms with Crippen LogP contribution in [0.15, 0.2) is 66.2 Å². The van der Waals surface area contributed by atoms with Crippen LogP contribution in [-0.4, -0.2) is 17.1 Å². The summed E-state index contributed by atoms with van der Waals surface area (Å²) in [6.45, 7) is 4.47. The van der Waals surface area contributed by atoms with Gasteiger partial charge in [0.25, 0.3) is 0 Å². The van der Waals surface area contributed by atoms with E-state index in [1.165, 1.54) is 94.1 Å². The molecule has 0 radical (unpaired) electrons. The number of carboxylic acids is 1. The zero-order valence-electron chi connectivity index (χ0n) is 27.8. The minimum absolute atomic E-state index is 0.201. The average molecular weight is 663 g/mol. The molecule has 1 aliphatic heterocycles. The number of para-hydroxylation sites is 1. The lowest BCUT2D eigenvalue weighted by Gasteiger charge is -2.27. The maximum atomic E-state index is 11.8. The summed E-state index contributed by atoms with van der Waals surface area (Å²) >= 11 is 3.52. The summed E-state index contributed by atoms with van der Waals surface area (Å²) in [5.41, 5.74) is 7.78. The van der Waals surface area contributed by atoms with Crippen molar-refractivity contribution in [2.24, 2.45) is 0 Å². The van der Waals surface area contributed by atoms with Gasteiger partial charge in [0.15, 0.2) is 0 Å². The second-order valence-electron chi connectivity index (χ2n) is 13.1. The summed E-state index contributed by atoms with van der Waals surface area (Å²) in [7, 11) is 0. The number of fused-ring (bicyclic) bond motifs is 3. The SMILES string of the molecule is CCCCCCc1cc(-c2sc(-c3ccc4c(c3)C3CCCC3N4c3ccccc3)cc2CCCCCC)sc1/C=C(\C#N)C(=O)O. The zero-order chi connectivity index (χ0) is 32.8. The fourth-order valence-corrected chi connectivity index (χ4v) is 10.0. The Bertz CT molecular complexity index is 1760. The molecule has 1 fully saturated rings. The Balaban J connectivity index is 1.38. The Morgan fingerprint density at radius 3 is 2.32 bits per heavy atom. The van der Waals surface area contributed by atoms with Gasteiger partial charge in [-0.15, -0.1) is 22.7 Å². The van der Waals surface area contributed by atoms with Crippen LogP contribution in [0.3, 0.4) is 0 Å². The number of rotatable bonds is 15. The predicted octanol–water partition coefficient (Wildman–Crippen LogP) is 12.2. The molecule has 0 bridgehead atoms. The lowest BCUT2D eigenvalue weighted by atomic mass is 9.95. The lowest BCUT2D eigenvalue weighted by molar-refractivity contribution is -0.132. The summed E-state index contributed by atoms with van der Waals surface area (Å²) in [5, 5.41) is 19.2. The predicted molar refractivity (Wildman–Crippen MR) is 199 cm³/mol. The van der Waals surface area contributed by atoms with E-state index in [9.17, 15) is 15.2 Å². The molecule has 1 N–H and O–H groups in total. The number of aliphatic carboxylic acids is 1. The van der Waals surface area contributed by atoms with Crippen molar-refractivity contribution in [2.75, 3.05) is 4.90 Å². The molecule has 2 aromatic carbocycles. The highest BCUT2D eigenvalue weighted by atomic mass is 32.1. The van der Waals surface area contributed by atoms with Gasteiger partial charge in [0.1, 0.15) is 11.6 Å². The number of carboxylic acid groups (broad SMARTS) is 1. The summed E-state index contributed by atoms with van der Waals surface area (Å²) < 4.78 is 0. The van der Waals surface area contributed by atoms with E-state index in [1.54, 1.807) is 17.4 Å². The van der Waals surface area contributed by atoms with Gasteiger partial charge in [-0.2, -0.15) is 5.26 Å². The largest absolute Gasteiger partial charge is 0.477 e. The van der Waals surface area contributed by atoms with Gasteiger partial charge < -0.3 is 10.0 Å². The molecule has 0 amide bonds. The standard InChI is InChI=1S/C41H46N2O2S2/c1-3-5-7-10-15-28-24-39(46-37(28)26-31(27-42)41(44)45)40-30(16-11-8-6-4-2)25-38(47-40)29-21-22-36-34(23-29)33-19-14-20-35(33)43(36)32-17-12-9-13-18-32/h9,12-13,17-18,21-26,33,35H,3-8,10-11,14-16,19-20H2,1-2H3,(H,44,45)/b31-26+. The fraction of sp³-hybridized carbons (Fsp3) is 0.415. The number of nitriles is 1. The topological polar surface area (TPSA) is 64.3 Å². The van der Waals surface area contributed by atoms with E-state index in [4.69, 9.17) is 0 Å². The molecule has 4 aromatic rings. The zero-order valence-corrected chi connectivity index (χ0v) is 29.4. The molecule has 2 unspecified atom stereocenters. The van der Waals surface area contributed by atoms with Gasteiger partial charge in [-0.3, -0.25) is 0 Å². The molecule has 47 heavy (non-hydrogen) atoms. The molecule has 244 valence electrons. The average Bonchev–Trinajstić information content (AvgIpc) is 3.87. The third-order valence-corrected chi connectivity index (χ3v) is 12.4. The third kappa shape index (κ3) is 7.27. The molecular weight excluding hydrogens is 617 g/mol. The van der Waals surface area contributed by atoms with Crippen molar-refractivity contribution in [3.8, 4) is 26.3 Å². The van der Waals surface area contributed by atoms with Crippen LogP contribution in [0.1, 0.15) is 112 Å². The van der Waals surface area contributed by atoms with E-state index in [2.05, 4.69) is 79.4 Å². The van der Waals surface area contributed by atoms with Gasteiger partial charge in [0.05, 0.1) is 0 Å². The van der Waals surface area contributed by atoms with Gasteiger partial charge >= 0.3 is 5.97 Å². The van der Waals surface area contributed by atoms with Crippen molar-refractivity contribution >= 4 is 46.1 Å². The van der Waals surface area contributed by atoms with Gasteiger partial charge in [0, 0.05) is 42.8 Å². The van der Waals surface area contributed by atoms with Crippen molar-refractivity contribution in [1.82, 2.24) is 0 Å². The number of carbonyl (C=O) groups is 1. The molecule has 0 saturated heterocycles. The van der Waals surface area contributed by atoms with Crippen molar-refractivity contribution < 1.29 is 9.90 Å². The van der Waals surface area contributed by atoms with Gasteiger partial charge in [-0.25, -0.2) is 4.79 Å². The molecule has 0 spiro atoms. The molecule has 2 aromatic heterocycles. The molecule has 1 aliphatic carbocycles. The van der Waals surface area contributed by atoms with Crippen LogP contribution in [0, 0.1) is 11.3 Å². The molecule has 4 nitrogen and oxygen atoms in total. The number of hydrogen-bond donors (Lipinski definition) is 1. The number of anilines is 2. The Morgan fingerprint density at radius 1 is 0.894 bits per heavy atom. The second kappa shape index (κ2) is 15.5. The van der Waals surface area contributed by atoms with Crippen molar-refractivity contribution in [3.63, 3.8) is 0 Å². The Hall–Kier alpha value is -3.66. The van der Waals surface area contributed by atoms with Crippen LogP contribution in [0.4, 0.5) is 11.4 Å². The first-order valence-electron chi connectivity index (χ1n) is 17.6. The molecule has 2 atom stereocenters. The summed E-state index contributed by atoms with van der Waals surface area (Å²) in [5.74, 6) is -0.593. The van der Waals surface area contributed by atoms with Gasteiger partial charge in [-0.1, -0.05) is 83.1 Å². The number of thiophene rings is 2. The normalized spacial score (nSPS) is 17.1. The maximum Gasteiger partial charge on any atom is 0.346 e. The van der Waals surface area contributed by atoms with Crippen LogP contribution in [0.25, 0.3) is 26.3 Å². The number of hydrogen-bond acceptors (Lipinski definition) is 5. The van der Waals surface area contributed by atoms with Gasteiger partial charge in [-0.05, 0) is 103 Å². The smallest absolute Gasteiger partial charge is 0.346 e. The van der Waals surface area contributed by atoms with Crippen LogP contribution in [0.2, 0.25) is 0 Å². The van der Waals surface area contributed by atoms with E-state index >= 15 is 0 Å². The van der Waals surface area contributed by atoms with Crippen LogP contribution >= 0.6 is 22.7 Å². The van der Waals surface area contributed by atoms with Crippen LogP contribution in [0.5, 0.6) is 0 Å². The Morgan fingerprint density at radius 2 is 1.62 bits per heavy atom. The molecular formula is C41H46N2O2S2. The minimum Gasteiger partial charge on any atom is -0.477 e. The fourth-order valence-electron chi connectivity index (χ4n) is 7.53. The highest BCUT2D eigenvalue weighted by molar-refractivity contribution is 7.24. The minimum atomic E-state index is -1.17. The Kier molecular flexibility index (Phi) is 11.0.